The number of piperidine rings is 2. The van der Waals surface area contributed by atoms with Crippen LogP contribution in [-0.2, 0) is 0 Å². The molecule has 2 heteroatoms. The van der Waals surface area contributed by atoms with Gasteiger partial charge in [0.1, 0.15) is 0 Å². The molecule has 0 spiro atoms. The van der Waals surface area contributed by atoms with Crippen LogP contribution in [0.15, 0.2) is 0 Å². The third kappa shape index (κ3) is 1.53. The Bertz CT molecular complexity index is 207. The Morgan fingerprint density at radius 1 is 1.07 bits per heavy atom. The molecule has 0 aromatic carbocycles. The minimum atomic E-state index is 0.667. The molecule has 1 atom stereocenters. The molecule has 15 heavy (non-hydrogen) atoms. The summed E-state index contributed by atoms with van der Waals surface area (Å²) in [5.41, 5.74) is 5.92. The first-order valence-electron chi connectivity index (χ1n) is 6.79. The molecule has 2 saturated carbocycles. The van der Waals surface area contributed by atoms with E-state index in [-0.39, 0.29) is 0 Å². The van der Waals surface area contributed by atoms with Crippen LogP contribution in [0.5, 0.6) is 0 Å². The van der Waals surface area contributed by atoms with E-state index in [0.717, 1.165) is 30.5 Å². The summed E-state index contributed by atoms with van der Waals surface area (Å²) in [5, 5.41) is 0. The Balaban J connectivity index is 1.79. The summed E-state index contributed by atoms with van der Waals surface area (Å²) < 4.78 is 0. The molecule has 2 N–H and O–H groups in total. The minimum absolute atomic E-state index is 0.667. The van der Waals surface area contributed by atoms with Crippen LogP contribution < -0.4 is 5.73 Å². The van der Waals surface area contributed by atoms with Gasteiger partial charge >= 0.3 is 0 Å². The predicted molar refractivity (Wildman–Crippen MR) is 62.6 cm³/mol. The average Bonchev–Trinajstić information content (AvgIpc) is 2.22. The van der Waals surface area contributed by atoms with Crippen molar-refractivity contribution in [1.29, 1.82) is 0 Å². The second kappa shape index (κ2) is 3.74. The van der Waals surface area contributed by atoms with Crippen molar-refractivity contribution in [2.24, 2.45) is 17.6 Å². The molecule has 0 amide bonds. The summed E-state index contributed by atoms with van der Waals surface area (Å²) in [4.78, 5) is 2.81. The van der Waals surface area contributed by atoms with Crippen molar-refractivity contribution < 1.29 is 0 Å². The largest absolute Gasteiger partial charge is 0.329 e. The van der Waals surface area contributed by atoms with E-state index >= 15 is 0 Å². The molecule has 2 heterocycles. The highest BCUT2D eigenvalue weighted by atomic mass is 15.2. The van der Waals surface area contributed by atoms with E-state index in [9.17, 15) is 0 Å². The molecule has 4 aliphatic rings. The molecule has 0 aromatic rings. The fourth-order valence-corrected chi connectivity index (χ4v) is 4.66. The first kappa shape index (κ1) is 10.1. The molecule has 4 bridgehead atoms. The van der Waals surface area contributed by atoms with Gasteiger partial charge in [0.25, 0.3) is 0 Å². The van der Waals surface area contributed by atoms with E-state index in [4.69, 9.17) is 5.73 Å². The van der Waals surface area contributed by atoms with Crippen LogP contribution in [0, 0.1) is 11.8 Å². The summed E-state index contributed by atoms with van der Waals surface area (Å²) in [7, 11) is 0. The van der Waals surface area contributed by atoms with Gasteiger partial charge in [-0.2, -0.15) is 0 Å². The van der Waals surface area contributed by atoms with Crippen molar-refractivity contribution in [2.75, 3.05) is 6.54 Å². The van der Waals surface area contributed by atoms with Crippen molar-refractivity contribution in [3.05, 3.63) is 0 Å². The number of hydrogen-bond acceptors (Lipinski definition) is 2. The standard InChI is InChI=1S/C13H24N2/c1-2-11(8-14)15-12-4-9-3-10(6-12)7-13(15)5-9/h9-13H,2-8,14H2,1H3. The molecular weight excluding hydrogens is 184 g/mol. The summed E-state index contributed by atoms with van der Waals surface area (Å²) in [6.07, 6.45) is 8.68. The molecule has 86 valence electrons. The van der Waals surface area contributed by atoms with Crippen molar-refractivity contribution in [2.45, 2.75) is 63.6 Å². The van der Waals surface area contributed by atoms with Crippen molar-refractivity contribution in [3.8, 4) is 0 Å². The van der Waals surface area contributed by atoms with Crippen LogP contribution in [0.25, 0.3) is 0 Å². The highest BCUT2D eigenvalue weighted by Gasteiger charge is 2.48. The third-order valence-corrected chi connectivity index (χ3v) is 5.10. The zero-order valence-corrected chi connectivity index (χ0v) is 9.86. The average molecular weight is 208 g/mol. The first-order valence-corrected chi connectivity index (χ1v) is 6.79. The normalized spacial score (nSPS) is 46.0. The summed E-state index contributed by atoms with van der Waals surface area (Å²) >= 11 is 0. The predicted octanol–water partition coefficient (Wildman–Crippen LogP) is 1.99. The van der Waals surface area contributed by atoms with Gasteiger partial charge < -0.3 is 5.73 Å². The van der Waals surface area contributed by atoms with E-state index in [1.54, 1.807) is 6.42 Å². The van der Waals surface area contributed by atoms with E-state index in [1.165, 1.54) is 32.1 Å². The van der Waals surface area contributed by atoms with Gasteiger partial charge in [0.15, 0.2) is 0 Å². The van der Waals surface area contributed by atoms with Crippen molar-refractivity contribution in [1.82, 2.24) is 4.90 Å². The summed E-state index contributed by atoms with van der Waals surface area (Å²) in [5.74, 6) is 2.14. The molecule has 2 nitrogen and oxygen atoms in total. The highest BCUT2D eigenvalue weighted by Crippen LogP contribution is 2.49. The Morgan fingerprint density at radius 2 is 1.60 bits per heavy atom. The van der Waals surface area contributed by atoms with Gasteiger partial charge in [-0.1, -0.05) is 6.92 Å². The van der Waals surface area contributed by atoms with Gasteiger partial charge in [0.2, 0.25) is 0 Å². The molecule has 0 radical (unpaired) electrons. The topological polar surface area (TPSA) is 29.3 Å². The second-order valence-corrected chi connectivity index (χ2v) is 5.96. The fraction of sp³-hybridized carbons (Fsp3) is 1.00. The maximum absolute atomic E-state index is 5.92. The lowest BCUT2D eigenvalue weighted by Crippen LogP contribution is -2.62. The molecule has 2 aliphatic carbocycles. The zero-order valence-electron chi connectivity index (χ0n) is 9.86. The Hall–Kier alpha value is -0.0800. The molecule has 4 rings (SSSR count). The lowest BCUT2D eigenvalue weighted by atomic mass is 9.63. The van der Waals surface area contributed by atoms with Crippen LogP contribution in [0.3, 0.4) is 0 Å². The van der Waals surface area contributed by atoms with E-state index in [2.05, 4.69) is 11.8 Å². The molecule has 1 unspecified atom stereocenters. The van der Waals surface area contributed by atoms with Gasteiger partial charge in [-0.05, 0) is 50.4 Å². The van der Waals surface area contributed by atoms with E-state index in [1.807, 2.05) is 0 Å². The Labute approximate surface area is 93.2 Å². The molecule has 0 aromatic heterocycles. The molecular formula is C13H24N2. The maximum atomic E-state index is 5.92. The lowest BCUT2D eigenvalue weighted by Gasteiger charge is -2.58. The highest BCUT2D eigenvalue weighted by molar-refractivity contribution is 5.02. The quantitative estimate of drug-likeness (QED) is 0.768. The third-order valence-electron chi connectivity index (χ3n) is 5.10. The van der Waals surface area contributed by atoms with E-state index < -0.39 is 0 Å². The zero-order chi connectivity index (χ0) is 10.4. The Kier molecular flexibility index (Phi) is 2.52. The smallest absolute Gasteiger partial charge is 0.0221 e. The lowest BCUT2D eigenvalue weighted by molar-refractivity contribution is -0.0808. The monoisotopic (exact) mass is 208 g/mol. The molecule has 4 fully saturated rings. The van der Waals surface area contributed by atoms with Crippen LogP contribution in [0.2, 0.25) is 0 Å². The molecule has 2 saturated heterocycles. The minimum Gasteiger partial charge on any atom is -0.329 e. The number of rotatable bonds is 3. The number of nitrogens with zero attached hydrogens (tertiary/aromatic N) is 1. The number of hydrogen-bond donors (Lipinski definition) is 1. The second-order valence-electron chi connectivity index (χ2n) is 5.96. The van der Waals surface area contributed by atoms with Gasteiger partial charge in [-0.15, -0.1) is 0 Å². The number of nitrogens with two attached hydrogens (primary N) is 1. The summed E-state index contributed by atoms with van der Waals surface area (Å²) in [6, 6.07) is 2.46. The Morgan fingerprint density at radius 3 is 2.00 bits per heavy atom. The van der Waals surface area contributed by atoms with Crippen molar-refractivity contribution >= 4 is 0 Å². The van der Waals surface area contributed by atoms with Crippen LogP contribution in [0.1, 0.15) is 45.4 Å². The van der Waals surface area contributed by atoms with Gasteiger partial charge in [0.05, 0.1) is 0 Å². The van der Waals surface area contributed by atoms with E-state index in [0.29, 0.717) is 6.04 Å². The van der Waals surface area contributed by atoms with Crippen molar-refractivity contribution in [3.63, 3.8) is 0 Å². The fourth-order valence-electron chi connectivity index (χ4n) is 4.66. The van der Waals surface area contributed by atoms with Crippen LogP contribution >= 0.6 is 0 Å². The molecule has 2 aliphatic heterocycles. The van der Waals surface area contributed by atoms with Gasteiger partial charge in [-0.25, -0.2) is 0 Å². The SMILES string of the molecule is CCC(CN)N1C2CC3CC(C2)CC1C3. The van der Waals surface area contributed by atoms with Gasteiger partial charge in [0, 0.05) is 24.7 Å². The van der Waals surface area contributed by atoms with Crippen LogP contribution in [0.4, 0.5) is 0 Å². The van der Waals surface area contributed by atoms with Gasteiger partial charge in [-0.3, -0.25) is 4.90 Å². The van der Waals surface area contributed by atoms with Crippen LogP contribution in [-0.4, -0.2) is 29.6 Å². The maximum Gasteiger partial charge on any atom is 0.0221 e. The first-order chi connectivity index (χ1) is 7.31. The summed E-state index contributed by atoms with van der Waals surface area (Å²) in [6.45, 7) is 3.15.